The topological polar surface area (TPSA) is 83.2 Å². The number of nitrogens with one attached hydrogen (secondary N) is 3. The molecule has 0 bridgehead atoms. The maximum Gasteiger partial charge on any atom is 0.573 e. The molecule has 2 aromatic carbocycles. The number of ether oxygens (including phenoxy) is 1. The zero-order valence-electron chi connectivity index (χ0n) is 14.9. The van der Waals surface area contributed by atoms with Crippen molar-refractivity contribution in [1.29, 1.82) is 0 Å². The summed E-state index contributed by atoms with van der Waals surface area (Å²) in [7, 11) is 0. The minimum Gasteiger partial charge on any atom is -0.406 e. The summed E-state index contributed by atoms with van der Waals surface area (Å²) in [6.45, 7) is 0.357. The van der Waals surface area contributed by atoms with E-state index in [0.717, 1.165) is 17.7 Å². The summed E-state index contributed by atoms with van der Waals surface area (Å²) in [5.74, 6) is -0.932. The molecule has 1 heterocycles. The number of H-pyrrole nitrogens is 1. The molecule has 0 spiro atoms. The minimum absolute atomic E-state index is 0.159. The van der Waals surface area contributed by atoms with Crippen LogP contribution in [0.15, 0.2) is 71.7 Å². The van der Waals surface area contributed by atoms with Gasteiger partial charge in [0.2, 0.25) is 5.56 Å². The maximum atomic E-state index is 12.6. The Hall–Kier alpha value is -3.75. The lowest BCUT2D eigenvalue weighted by Gasteiger charge is -2.13. The second kappa shape index (κ2) is 8.51. The van der Waals surface area contributed by atoms with Gasteiger partial charge in [-0.05, 0) is 29.8 Å². The van der Waals surface area contributed by atoms with E-state index in [9.17, 15) is 22.8 Å². The standard InChI is InChI=1S/C20H16F3N3O3/c21-20(22,23)29-15-5-3-4-14(10-15)26-19(28)16-6-1-2-7-17(16)24-11-13-8-9-18(27)25-12-13/h1-10,12,24H,11H2,(H,25,27)(H,26,28). The number of rotatable bonds is 6. The Bertz CT molecular complexity index is 1040. The molecule has 0 fully saturated rings. The molecule has 3 rings (SSSR count). The lowest BCUT2D eigenvalue weighted by Crippen LogP contribution is -2.18. The van der Waals surface area contributed by atoms with Gasteiger partial charge in [-0.15, -0.1) is 13.2 Å². The van der Waals surface area contributed by atoms with E-state index < -0.39 is 18.0 Å². The van der Waals surface area contributed by atoms with E-state index in [1.807, 2.05) is 0 Å². The second-order valence-electron chi connectivity index (χ2n) is 5.99. The fraction of sp³-hybridized carbons (Fsp3) is 0.100. The predicted molar refractivity (Wildman–Crippen MR) is 102 cm³/mol. The van der Waals surface area contributed by atoms with Gasteiger partial charge in [-0.1, -0.05) is 24.3 Å². The van der Waals surface area contributed by atoms with E-state index in [4.69, 9.17) is 0 Å². The smallest absolute Gasteiger partial charge is 0.406 e. The lowest BCUT2D eigenvalue weighted by molar-refractivity contribution is -0.274. The summed E-state index contributed by atoms with van der Waals surface area (Å²) in [6.07, 6.45) is -3.26. The van der Waals surface area contributed by atoms with Gasteiger partial charge in [0.1, 0.15) is 5.75 Å². The van der Waals surface area contributed by atoms with Gasteiger partial charge in [-0.3, -0.25) is 9.59 Å². The van der Waals surface area contributed by atoms with Crippen LogP contribution >= 0.6 is 0 Å². The molecule has 0 aliphatic carbocycles. The molecule has 1 aromatic heterocycles. The largest absolute Gasteiger partial charge is 0.573 e. The fourth-order valence-electron chi connectivity index (χ4n) is 2.55. The first-order valence-electron chi connectivity index (χ1n) is 8.48. The van der Waals surface area contributed by atoms with E-state index >= 15 is 0 Å². The van der Waals surface area contributed by atoms with Gasteiger partial charge in [0, 0.05) is 36.2 Å². The van der Waals surface area contributed by atoms with Crippen molar-refractivity contribution < 1.29 is 22.7 Å². The molecule has 1 amide bonds. The normalized spacial score (nSPS) is 11.0. The SMILES string of the molecule is O=C(Nc1cccc(OC(F)(F)F)c1)c1ccccc1NCc1ccc(=O)[nH]c1. The first kappa shape index (κ1) is 20.0. The summed E-state index contributed by atoms with van der Waals surface area (Å²) < 4.78 is 40.9. The third-order valence-corrected chi connectivity index (χ3v) is 3.83. The van der Waals surface area contributed by atoms with Crippen molar-refractivity contribution in [3.8, 4) is 5.75 Å². The van der Waals surface area contributed by atoms with Crippen LogP contribution in [0.3, 0.4) is 0 Å². The third-order valence-electron chi connectivity index (χ3n) is 3.83. The molecular weight excluding hydrogens is 387 g/mol. The van der Waals surface area contributed by atoms with Gasteiger partial charge >= 0.3 is 6.36 Å². The van der Waals surface area contributed by atoms with Crippen LogP contribution in [0, 0.1) is 0 Å². The average molecular weight is 403 g/mol. The Kier molecular flexibility index (Phi) is 5.87. The Labute approximate surface area is 163 Å². The highest BCUT2D eigenvalue weighted by atomic mass is 19.4. The van der Waals surface area contributed by atoms with Gasteiger partial charge < -0.3 is 20.4 Å². The number of pyridine rings is 1. The molecule has 0 aliphatic heterocycles. The number of amides is 1. The molecular formula is C20H16F3N3O3. The van der Waals surface area contributed by atoms with Crippen molar-refractivity contribution >= 4 is 17.3 Å². The zero-order chi connectivity index (χ0) is 20.9. The summed E-state index contributed by atoms with van der Waals surface area (Å²) in [6, 6.07) is 14.8. The first-order valence-corrected chi connectivity index (χ1v) is 8.48. The van der Waals surface area contributed by atoms with E-state index in [1.54, 1.807) is 36.5 Å². The van der Waals surface area contributed by atoms with Crippen LogP contribution < -0.4 is 20.9 Å². The number of benzene rings is 2. The fourth-order valence-corrected chi connectivity index (χ4v) is 2.55. The number of para-hydroxylation sites is 1. The van der Waals surface area contributed by atoms with Gasteiger partial charge in [0.15, 0.2) is 0 Å². The highest BCUT2D eigenvalue weighted by Crippen LogP contribution is 2.26. The molecule has 0 aliphatic rings. The lowest BCUT2D eigenvalue weighted by atomic mass is 10.1. The zero-order valence-corrected chi connectivity index (χ0v) is 14.9. The molecule has 150 valence electrons. The van der Waals surface area contributed by atoms with Crippen LogP contribution in [-0.2, 0) is 6.54 Å². The maximum absolute atomic E-state index is 12.6. The molecule has 29 heavy (non-hydrogen) atoms. The van der Waals surface area contributed by atoms with Crippen LogP contribution in [0.5, 0.6) is 5.75 Å². The molecule has 6 nitrogen and oxygen atoms in total. The number of aromatic nitrogens is 1. The Balaban J connectivity index is 1.72. The molecule has 0 saturated heterocycles. The van der Waals surface area contributed by atoms with Crippen LogP contribution in [0.2, 0.25) is 0 Å². The summed E-state index contributed by atoms with van der Waals surface area (Å²) >= 11 is 0. The monoisotopic (exact) mass is 403 g/mol. The molecule has 0 unspecified atom stereocenters. The van der Waals surface area contributed by atoms with Crippen LogP contribution in [0.1, 0.15) is 15.9 Å². The highest BCUT2D eigenvalue weighted by molar-refractivity contribution is 6.08. The summed E-state index contributed by atoms with van der Waals surface area (Å²) in [4.78, 5) is 26.3. The van der Waals surface area contributed by atoms with Gasteiger partial charge in [0.25, 0.3) is 5.91 Å². The van der Waals surface area contributed by atoms with Crippen LogP contribution in [0.25, 0.3) is 0 Å². The number of anilines is 2. The van der Waals surface area contributed by atoms with Gasteiger partial charge in [-0.25, -0.2) is 0 Å². The number of alkyl halides is 3. The molecule has 3 N–H and O–H groups in total. The van der Waals surface area contributed by atoms with E-state index in [-0.39, 0.29) is 11.2 Å². The second-order valence-corrected chi connectivity index (χ2v) is 5.99. The predicted octanol–water partition coefficient (Wildman–Crippen LogP) is 4.14. The van der Waals surface area contributed by atoms with Crippen molar-refractivity contribution in [3.05, 3.63) is 88.3 Å². The number of carbonyl (C=O) groups is 1. The van der Waals surface area contributed by atoms with Crippen molar-refractivity contribution in [1.82, 2.24) is 4.98 Å². The molecule has 3 aromatic rings. The van der Waals surface area contributed by atoms with Gasteiger partial charge in [0.05, 0.1) is 5.56 Å². The number of hydrogen-bond donors (Lipinski definition) is 3. The number of halogens is 3. The number of carbonyl (C=O) groups excluding carboxylic acids is 1. The molecule has 9 heteroatoms. The van der Waals surface area contributed by atoms with Crippen molar-refractivity contribution in [2.75, 3.05) is 10.6 Å². The number of aromatic amines is 1. The highest BCUT2D eigenvalue weighted by Gasteiger charge is 2.31. The third kappa shape index (κ3) is 5.86. The summed E-state index contributed by atoms with van der Waals surface area (Å²) in [5, 5.41) is 5.66. The van der Waals surface area contributed by atoms with Crippen molar-refractivity contribution in [2.24, 2.45) is 0 Å². The van der Waals surface area contributed by atoms with Gasteiger partial charge in [-0.2, -0.15) is 0 Å². The first-order chi connectivity index (χ1) is 13.8. The Morgan fingerprint density at radius 3 is 2.55 bits per heavy atom. The molecule has 0 atom stereocenters. The molecule has 0 radical (unpaired) electrons. The van der Waals surface area contributed by atoms with E-state index in [0.29, 0.717) is 17.8 Å². The average Bonchev–Trinajstić information content (AvgIpc) is 2.67. The molecule has 0 saturated carbocycles. The minimum atomic E-state index is -4.82. The quantitative estimate of drug-likeness (QED) is 0.578. The van der Waals surface area contributed by atoms with Crippen LogP contribution in [0.4, 0.5) is 24.5 Å². The van der Waals surface area contributed by atoms with Crippen LogP contribution in [-0.4, -0.2) is 17.3 Å². The number of hydrogen-bond acceptors (Lipinski definition) is 4. The Morgan fingerprint density at radius 2 is 1.83 bits per heavy atom. The van der Waals surface area contributed by atoms with Crippen molar-refractivity contribution in [3.63, 3.8) is 0 Å². The Morgan fingerprint density at radius 1 is 1.03 bits per heavy atom. The van der Waals surface area contributed by atoms with E-state index in [2.05, 4.69) is 20.4 Å². The summed E-state index contributed by atoms with van der Waals surface area (Å²) in [5.41, 5.74) is 1.58. The van der Waals surface area contributed by atoms with E-state index in [1.165, 1.54) is 18.2 Å². The van der Waals surface area contributed by atoms with Crippen molar-refractivity contribution in [2.45, 2.75) is 12.9 Å².